The highest BCUT2D eigenvalue weighted by atomic mass is 19.1. The molecule has 0 amide bonds. The Morgan fingerprint density at radius 1 is 0.956 bits per heavy atom. The van der Waals surface area contributed by atoms with E-state index in [1.165, 1.54) is 11.6 Å². The molecule has 9 heteroatoms. The highest BCUT2D eigenvalue weighted by Gasteiger charge is 2.31. The van der Waals surface area contributed by atoms with Gasteiger partial charge in [0, 0.05) is 92.1 Å². The second-order valence-electron chi connectivity index (χ2n) is 13.3. The predicted octanol–water partition coefficient (Wildman–Crippen LogP) is 5.35. The standard InChI is InChI=1S/C36H44FN7O/c1-24-6-7-30(18-40-24)41-13-4-5-31(23-41)43(19-26-10-12-39-25(2)15-26)20-27-21-44(29-8-9-29)34-17-35(33(37)16-32(34)36(27)45)42-14-11-28(22-42)38-3/h6-7,10,12,15-18,21,28-29,31,38H,4-5,8-9,11,13-14,19-20,22-23H2,1-3H3/t28-,31+/m1/s1. The molecule has 1 N–H and O–H groups in total. The molecular weight excluding hydrogens is 565 g/mol. The Kier molecular flexibility index (Phi) is 8.31. The first kappa shape index (κ1) is 29.9. The lowest BCUT2D eigenvalue weighted by Crippen LogP contribution is -2.48. The smallest absolute Gasteiger partial charge is 0.193 e. The molecule has 7 rings (SSSR count). The van der Waals surface area contributed by atoms with Crippen LogP contribution in [0.4, 0.5) is 15.8 Å². The van der Waals surface area contributed by atoms with Gasteiger partial charge in [-0.3, -0.25) is 19.7 Å². The van der Waals surface area contributed by atoms with Gasteiger partial charge in [0.25, 0.3) is 0 Å². The Labute approximate surface area is 264 Å². The number of nitrogens with one attached hydrogen (secondary N) is 1. The second-order valence-corrected chi connectivity index (χ2v) is 13.3. The number of anilines is 2. The number of benzene rings is 1. The molecule has 236 valence electrons. The quantitative estimate of drug-likeness (QED) is 0.274. The van der Waals surface area contributed by atoms with E-state index in [4.69, 9.17) is 0 Å². The molecule has 0 bridgehead atoms. The lowest BCUT2D eigenvalue weighted by atomic mass is 10.0. The van der Waals surface area contributed by atoms with Crippen molar-refractivity contribution in [3.8, 4) is 0 Å². The number of rotatable bonds is 9. The summed E-state index contributed by atoms with van der Waals surface area (Å²) < 4.78 is 18.0. The molecule has 8 nitrogen and oxygen atoms in total. The van der Waals surface area contributed by atoms with Crippen molar-refractivity contribution < 1.29 is 4.39 Å². The maximum absolute atomic E-state index is 15.7. The monoisotopic (exact) mass is 609 g/mol. The highest BCUT2D eigenvalue weighted by Crippen LogP contribution is 2.39. The van der Waals surface area contributed by atoms with E-state index in [0.29, 0.717) is 36.2 Å². The molecule has 2 saturated heterocycles. The van der Waals surface area contributed by atoms with E-state index in [2.05, 4.69) is 65.0 Å². The zero-order chi connectivity index (χ0) is 31.1. The van der Waals surface area contributed by atoms with Gasteiger partial charge in [0.1, 0.15) is 5.82 Å². The number of piperidine rings is 1. The van der Waals surface area contributed by atoms with E-state index >= 15 is 4.39 Å². The SMILES string of the molecule is CN[C@@H]1CCN(c2cc3c(cc2F)c(=O)c(CN(Cc2ccnc(C)c2)[C@H]2CCCN(c4ccc(C)nc4)C2)cn3C2CC2)C1. The molecular formula is C36H44FN7O. The van der Waals surface area contributed by atoms with Crippen molar-refractivity contribution in [2.75, 3.05) is 43.0 Å². The van der Waals surface area contributed by atoms with E-state index in [0.717, 1.165) is 86.4 Å². The third-order valence-electron chi connectivity index (χ3n) is 9.95. The number of hydrogen-bond donors (Lipinski definition) is 1. The minimum Gasteiger partial charge on any atom is -0.369 e. The van der Waals surface area contributed by atoms with Crippen LogP contribution < -0.4 is 20.5 Å². The molecule has 1 aromatic carbocycles. The zero-order valence-electron chi connectivity index (χ0n) is 26.7. The van der Waals surface area contributed by atoms with Crippen molar-refractivity contribution in [1.82, 2.24) is 24.8 Å². The van der Waals surface area contributed by atoms with Gasteiger partial charge in [0.15, 0.2) is 5.43 Å². The fourth-order valence-corrected chi connectivity index (χ4v) is 7.24. The Morgan fingerprint density at radius 3 is 2.56 bits per heavy atom. The van der Waals surface area contributed by atoms with Crippen molar-refractivity contribution in [2.45, 2.75) is 77.2 Å². The summed E-state index contributed by atoms with van der Waals surface area (Å²) in [4.78, 5) is 30.1. The lowest BCUT2D eigenvalue weighted by Gasteiger charge is -2.40. The van der Waals surface area contributed by atoms with Crippen molar-refractivity contribution in [3.63, 3.8) is 0 Å². The first-order valence-corrected chi connectivity index (χ1v) is 16.5. The molecule has 45 heavy (non-hydrogen) atoms. The predicted molar refractivity (Wildman–Crippen MR) is 179 cm³/mol. The van der Waals surface area contributed by atoms with Gasteiger partial charge in [-0.1, -0.05) is 0 Å². The van der Waals surface area contributed by atoms with E-state index in [9.17, 15) is 4.79 Å². The molecule has 0 spiro atoms. The lowest BCUT2D eigenvalue weighted by molar-refractivity contribution is 0.158. The summed E-state index contributed by atoms with van der Waals surface area (Å²) in [7, 11) is 1.96. The topological polar surface area (TPSA) is 69.5 Å². The largest absolute Gasteiger partial charge is 0.369 e. The average Bonchev–Trinajstić information content (AvgIpc) is 3.78. The van der Waals surface area contributed by atoms with Gasteiger partial charge < -0.3 is 19.7 Å². The fourth-order valence-electron chi connectivity index (χ4n) is 7.24. The minimum absolute atomic E-state index is 0.0619. The van der Waals surface area contributed by atoms with E-state index < -0.39 is 0 Å². The number of pyridine rings is 3. The fraction of sp³-hybridized carbons (Fsp3) is 0.472. The van der Waals surface area contributed by atoms with Gasteiger partial charge in [0.2, 0.25) is 0 Å². The van der Waals surface area contributed by atoms with Gasteiger partial charge in [-0.05, 0) is 95.0 Å². The molecule has 3 fully saturated rings. The maximum atomic E-state index is 15.7. The van der Waals surface area contributed by atoms with Crippen LogP contribution in [0.2, 0.25) is 0 Å². The molecule has 4 aromatic rings. The molecule has 5 heterocycles. The summed E-state index contributed by atoms with van der Waals surface area (Å²) in [5, 5.41) is 3.81. The summed E-state index contributed by atoms with van der Waals surface area (Å²) in [6.45, 7) is 8.67. The molecule has 3 aliphatic rings. The Bertz CT molecular complexity index is 1730. The first-order chi connectivity index (χ1) is 21.9. The van der Waals surface area contributed by atoms with Gasteiger partial charge in [0.05, 0.1) is 23.1 Å². The molecule has 2 atom stereocenters. The molecule has 0 radical (unpaired) electrons. The summed E-state index contributed by atoms with van der Waals surface area (Å²) in [6.07, 6.45) is 11.2. The van der Waals surface area contributed by atoms with Crippen LogP contribution in [0.1, 0.15) is 60.7 Å². The van der Waals surface area contributed by atoms with Crippen LogP contribution >= 0.6 is 0 Å². The molecule has 1 saturated carbocycles. The van der Waals surface area contributed by atoms with Crippen LogP contribution in [0.15, 0.2) is 59.8 Å². The third-order valence-corrected chi connectivity index (χ3v) is 9.95. The summed E-state index contributed by atoms with van der Waals surface area (Å²) >= 11 is 0. The number of fused-ring (bicyclic) bond motifs is 1. The molecule has 3 aromatic heterocycles. The number of nitrogens with zero attached hydrogens (tertiary/aromatic N) is 6. The summed E-state index contributed by atoms with van der Waals surface area (Å²) in [5.74, 6) is -0.311. The van der Waals surface area contributed by atoms with Gasteiger partial charge in [-0.2, -0.15) is 0 Å². The number of aryl methyl sites for hydroxylation is 2. The van der Waals surface area contributed by atoms with Gasteiger partial charge >= 0.3 is 0 Å². The molecule has 1 aliphatic carbocycles. The van der Waals surface area contributed by atoms with Gasteiger partial charge in [-0.25, -0.2) is 4.39 Å². The number of likely N-dealkylation sites (N-methyl/N-ethyl adjacent to an activating group) is 1. The summed E-state index contributed by atoms with van der Waals surface area (Å²) in [5.41, 5.74) is 6.43. The van der Waals surface area contributed by atoms with Crippen LogP contribution in [0, 0.1) is 19.7 Å². The Balaban J connectivity index is 1.24. The van der Waals surface area contributed by atoms with E-state index in [1.807, 2.05) is 39.4 Å². The normalized spacial score (nSPS) is 20.5. The van der Waals surface area contributed by atoms with Crippen LogP contribution in [0.5, 0.6) is 0 Å². The van der Waals surface area contributed by atoms with Crippen LogP contribution in [-0.2, 0) is 13.1 Å². The number of hydrogen-bond acceptors (Lipinski definition) is 7. The van der Waals surface area contributed by atoms with Gasteiger partial charge in [-0.15, -0.1) is 0 Å². The zero-order valence-corrected chi connectivity index (χ0v) is 26.7. The van der Waals surface area contributed by atoms with Crippen molar-refractivity contribution in [2.24, 2.45) is 0 Å². The minimum atomic E-state index is -0.311. The average molecular weight is 610 g/mol. The maximum Gasteiger partial charge on any atom is 0.193 e. The third kappa shape index (κ3) is 6.33. The number of aromatic nitrogens is 3. The van der Waals surface area contributed by atoms with Crippen molar-refractivity contribution in [3.05, 3.63) is 93.5 Å². The van der Waals surface area contributed by atoms with Crippen molar-refractivity contribution in [1.29, 1.82) is 0 Å². The highest BCUT2D eigenvalue weighted by molar-refractivity contribution is 5.84. The second kappa shape index (κ2) is 12.5. The van der Waals surface area contributed by atoms with Crippen LogP contribution in [0.3, 0.4) is 0 Å². The Morgan fingerprint density at radius 2 is 1.82 bits per heavy atom. The molecule has 2 aliphatic heterocycles. The first-order valence-electron chi connectivity index (χ1n) is 16.5. The number of halogens is 1. The van der Waals surface area contributed by atoms with Crippen LogP contribution in [-0.4, -0.2) is 64.7 Å². The van der Waals surface area contributed by atoms with Crippen LogP contribution in [0.25, 0.3) is 10.9 Å². The van der Waals surface area contributed by atoms with Crippen molar-refractivity contribution >= 4 is 22.3 Å². The Hall–Kier alpha value is -3.82. The molecule has 0 unspecified atom stereocenters. The summed E-state index contributed by atoms with van der Waals surface area (Å²) in [6, 6.07) is 12.8. The van der Waals surface area contributed by atoms with E-state index in [1.54, 1.807) is 0 Å². The van der Waals surface area contributed by atoms with E-state index in [-0.39, 0.29) is 17.3 Å².